The van der Waals surface area contributed by atoms with Crippen LogP contribution in [0, 0.1) is 0 Å². The zero-order valence-electron chi connectivity index (χ0n) is 14.6. The van der Waals surface area contributed by atoms with Gasteiger partial charge in [-0.15, -0.1) is 0 Å². The first-order valence-corrected chi connectivity index (χ1v) is 10.9. The Morgan fingerprint density at radius 1 is 0.567 bits per heavy atom. The van der Waals surface area contributed by atoms with Crippen LogP contribution in [0.25, 0.3) is 0 Å². The van der Waals surface area contributed by atoms with Crippen molar-refractivity contribution in [3.63, 3.8) is 0 Å². The smallest absolute Gasteiger partial charge is 0.203 e. The lowest BCUT2D eigenvalue weighted by molar-refractivity contribution is -0.0465. The topological polar surface area (TPSA) is 92.3 Å². The van der Waals surface area contributed by atoms with Crippen LogP contribution in [0.4, 0.5) is 26.3 Å². The Kier molecular flexibility index (Phi) is 6.85. The molecule has 0 heterocycles. The fourth-order valence-electron chi connectivity index (χ4n) is 2.45. The minimum Gasteiger partial charge on any atom is -0.203 e. The number of hydrogen-bond acceptors (Lipinski definition) is 4. The van der Waals surface area contributed by atoms with Crippen molar-refractivity contribution in [3.05, 3.63) is 71.8 Å². The van der Waals surface area contributed by atoms with Gasteiger partial charge in [0.2, 0.25) is 0 Å². The van der Waals surface area contributed by atoms with Crippen LogP contribution in [-0.4, -0.2) is 27.9 Å². The first-order valence-electron chi connectivity index (χ1n) is 7.93. The molecule has 30 heavy (non-hydrogen) atoms. The van der Waals surface area contributed by atoms with Gasteiger partial charge >= 0.3 is 31.1 Å². The van der Waals surface area contributed by atoms with Crippen LogP contribution in [0.3, 0.4) is 0 Å². The molecule has 0 saturated heterocycles. The highest BCUT2D eigenvalue weighted by molar-refractivity contribution is 7.90. The Bertz CT molecular complexity index is 969. The van der Waals surface area contributed by atoms with E-state index in [9.17, 15) is 43.2 Å². The molecule has 2 aromatic rings. The van der Waals surface area contributed by atoms with Crippen LogP contribution in [0.2, 0.25) is 0 Å². The summed E-state index contributed by atoms with van der Waals surface area (Å²) in [6, 6.07) is 8.48. The largest absolute Gasteiger partial charge is 0.511 e. The predicted molar refractivity (Wildman–Crippen MR) is 94.6 cm³/mol. The van der Waals surface area contributed by atoms with E-state index in [2.05, 4.69) is 0 Å². The van der Waals surface area contributed by atoms with Gasteiger partial charge in [-0.3, -0.25) is 0 Å². The maximum atomic E-state index is 12.9. The monoisotopic (exact) mass is 476 g/mol. The summed E-state index contributed by atoms with van der Waals surface area (Å²) in [5.74, 6) is 0. The fourth-order valence-corrected chi connectivity index (χ4v) is 3.93. The van der Waals surface area contributed by atoms with E-state index >= 15 is 0 Å². The molecule has 0 radical (unpaired) electrons. The molecule has 2 aromatic carbocycles. The average molecular weight is 476 g/mol. The van der Waals surface area contributed by atoms with E-state index in [-0.39, 0.29) is 11.1 Å². The van der Waals surface area contributed by atoms with Gasteiger partial charge in [-0.1, -0.05) is 60.7 Å². The molecular weight excluding hydrogens is 462 g/mol. The maximum absolute atomic E-state index is 12.9. The lowest BCUT2D eigenvalue weighted by Crippen LogP contribution is -2.47. The molecular formula is C16H14F6N2O4S2. The van der Waals surface area contributed by atoms with Crippen LogP contribution in [-0.2, 0) is 20.0 Å². The summed E-state index contributed by atoms with van der Waals surface area (Å²) in [6.45, 7) is 0. The van der Waals surface area contributed by atoms with Crippen LogP contribution >= 0.6 is 0 Å². The first kappa shape index (κ1) is 24.1. The molecule has 0 aliphatic heterocycles. The normalized spacial score (nSPS) is 15.5. The second kappa shape index (κ2) is 8.53. The summed E-state index contributed by atoms with van der Waals surface area (Å²) in [4.78, 5) is 0. The van der Waals surface area contributed by atoms with Gasteiger partial charge in [0.15, 0.2) is 0 Å². The molecule has 0 spiro atoms. The van der Waals surface area contributed by atoms with E-state index in [1.165, 1.54) is 45.8 Å². The maximum Gasteiger partial charge on any atom is 0.511 e. The van der Waals surface area contributed by atoms with Crippen LogP contribution in [0.15, 0.2) is 60.7 Å². The third-order valence-corrected chi connectivity index (χ3v) is 6.17. The summed E-state index contributed by atoms with van der Waals surface area (Å²) >= 11 is 0. The van der Waals surface area contributed by atoms with Gasteiger partial charge in [0.25, 0.3) is 0 Å². The van der Waals surface area contributed by atoms with Crippen molar-refractivity contribution < 1.29 is 43.2 Å². The Morgan fingerprint density at radius 2 is 0.833 bits per heavy atom. The molecule has 2 rings (SSSR count). The van der Waals surface area contributed by atoms with Gasteiger partial charge < -0.3 is 0 Å². The molecule has 0 aliphatic carbocycles. The highest BCUT2D eigenvalue weighted by Gasteiger charge is 2.51. The zero-order chi connectivity index (χ0) is 22.8. The van der Waals surface area contributed by atoms with Crippen LogP contribution < -0.4 is 9.44 Å². The number of benzene rings is 2. The Morgan fingerprint density at radius 3 is 1.07 bits per heavy atom. The lowest BCUT2D eigenvalue weighted by atomic mass is 9.95. The molecule has 6 nitrogen and oxygen atoms in total. The van der Waals surface area contributed by atoms with Gasteiger partial charge in [-0.25, -0.2) is 16.8 Å². The quantitative estimate of drug-likeness (QED) is 0.600. The molecule has 166 valence electrons. The molecule has 0 aromatic heterocycles. The molecule has 2 N–H and O–H groups in total. The van der Waals surface area contributed by atoms with Crippen molar-refractivity contribution in [2.24, 2.45) is 0 Å². The summed E-state index contributed by atoms with van der Waals surface area (Å²) in [5.41, 5.74) is -12.0. The highest BCUT2D eigenvalue weighted by Crippen LogP contribution is 2.35. The van der Waals surface area contributed by atoms with E-state index in [1.54, 1.807) is 0 Å². The van der Waals surface area contributed by atoms with Crippen molar-refractivity contribution in [2.45, 2.75) is 23.1 Å². The average Bonchev–Trinajstić information content (AvgIpc) is 2.64. The summed E-state index contributed by atoms with van der Waals surface area (Å²) in [5, 5.41) is 0. The van der Waals surface area contributed by atoms with Gasteiger partial charge in [-0.05, 0) is 11.1 Å². The van der Waals surface area contributed by atoms with Crippen LogP contribution in [0.1, 0.15) is 23.2 Å². The molecule has 2 unspecified atom stereocenters. The third-order valence-electron chi connectivity index (χ3n) is 3.82. The number of alkyl halides is 6. The fraction of sp³-hybridized carbons (Fsp3) is 0.250. The van der Waals surface area contributed by atoms with Crippen molar-refractivity contribution in [2.75, 3.05) is 0 Å². The summed E-state index contributed by atoms with van der Waals surface area (Å²) in [7, 11) is -12.1. The van der Waals surface area contributed by atoms with Crippen molar-refractivity contribution in [1.29, 1.82) is 0 Å². The number of rotatable bonds is 7. The molecule has 0 aliphatic rings. The van der Waals surface area contributed by atoms with E-state index < -0.39 is 43.1 Å². The minimum absolute atomic E-state index is 0.205. The Balaban J connectivity index is 2.67. The van der Waals surface area contributed by atoms with E-state index in [1.807, 2.05) is 0 Å². The number of nitrogens with one attached hydrogen (secondary N) is 2. The number of hydrogen-bond donors (Lipinski definition) is 2. The highest BCUT2D eigenvalue weighted by atomic mass is 32.2. The minimum atomic E-state index is -6.06. The zero-order valence-corrected chi connectivity index (χ0v) is 16.3. The summed E-state index contributed by atoms with van der Waals surface area (Å²) < 4.78 is 127. The van der Waals surface area contributed by atoms with Gasteiger partial charge in [-0.2, -0.15) is 35.8 Å². The van der Waals surface area contributed by atoms with Crippen molar-refractivity contribution in [3.8, 4) is 0 Å². The molecule has 2 atom stereocenters. The van der Waals surface area contributed by atoms with Gasteiger partial charge in [0.1, 0.15) is 0 Å². The van der Waals surface area contributed by atoms with Gasteiger partial charge in [0, 0.05) is 0 Å². The predicted octanol–water partition coefficient (Wildman–Crippen LogP) is 3.35. The van der Waals surface area contributed by atoms with Crippen molar-refractivity contribution in [1.82, 2.24) is 9.44 Å². The second-order valence-electron chi connectivity index (χ2n) is 5.91. The van der Waals surface area contributed by atoms with E-state index in [0.29, 0.717) is 0 Å². The molecule has 0 bridgehead atoms. The Labute approximate surface area is 168 Å². The molecule has 0 fully saturated rings. The van der Waals surface area contributed by atoms with E-state index in [0.717, 1.165) is 24.3 Å². The van der Waals surface area contributed by atoms with E-state index in [4.69, 9.17) is 0 Å². The lowest BCUT2D eigenvalue weighted by Gasteiger charge is -2.30. The standard InChI is InChI=1S/C16H14F6N2O4S2/c17-15(18,19)29(25,26)23-13(11-7-3-1-4-8-11)14(12-9-5-2-6-10-12)24-30(27,28)16(20,21)22/h1-10,13-14,23-24H. The van der Waals surface area contributed by atoms with Crippen molar-refractivity contribution >= 4 is 20.0 Å². The number of halogens is 6. The van der Waals surface area contributed by atoms with Crippen LogP contribution in [0.5, 0.6) is 0 Å². The first-order chi connectivity index (χ1) is 13.7. The number of sulfonamides is 2. The third kappa shape index (κ3) is 5.50. The molecule has 0 amide bonds. The SMILES string of the molecule is O=S(=O)(NC(c1ccccc1)C(NS(=O)(=O)C(F)(F)F)c1ccccc1)C(F)(F)F. The molecule has 14 heteroatoms. The summed E-state index contributed by atoms with van der Waals surface area (Å²) in [6.07, 6.45) is 0. The molecule has 0 saturated carbocycles. The Hall–Kier alpha value is -2.16. The second-order valence-corrected chi connectivity index (χ2v) is 9.32. The van der Waals surface area contributed by atoms with Gasteiger partial charge in [0.05, 0.1) is 12.1 Å².